The molecule has 2 fully saturated rings. The molecule has 0 saturated carbocycles. The minimum atomic E-state index is -0.182. The number of likely N-dealkylation sites (N-methyl/N-ethyl adjacent to an activating group) is 1. The van der Waals surface area contributed by atoms with E-state index in [4.69, 9.17) is 9.47 Å². The molecule has 14 heteroatoms. The van der Waals surface area contributed by atoms with Crippen LogP contribution in [-0.2, 0) is 0 Å². The largest absolute Gasteiger partial charge is 0.492 e. The Morgan fingerprint density at radius 1 is 0.731 bits per heavy atom. The Morgan fingerprint density at radius 3 is 1.65 bits per heavy atom. The topological polar surface area (TPSA) is 132 Å². The number of aromatic nitrogens is 6. The monoisotopic (exact) mass is 831 g/mol. The van der Waals surface area contributed by atoms with Gasteiger partial charge in [0.05, 0.1) is 17.1 Å². The van der Waals surface area contributed by atoms with Crippen LogP contribution in [0.2, 0.25) is 0 Å². The van der Waals surface area contributed by atoms with E-state index in [-0.39, 0.29) is 6.10 Å². The standard InChI is InChI=1S/C20H24BrN5O.C18H19BrN4O2/c1-25(2)16-7-8-26(13-16)9-10-27-17-5-3-14(4-6-17)19-23-18-11-15(21)12-22-20(18)24-19;19-13-9-16-18(20-10-13)22-17(21-16)12-1-3-15(4-2-12)25-8-7-23-6-5-14(24)11-23/h3-6,11-12,16H,7-10,13H2,1-2H3,(H,22,23,24);1-4,9-10,14,24H,5-8,11H2,(H,20,21,22). The van der Waals surface area contributed by atoms with E-state index in [1.807, 2.05) is 60.7 Å². The Bertz CT molecular complexity index is 2070. The van der Waals surface area contributed by atoms with Crippen molar-refractivity contribution in [2.45, 2.75) is 25.0 Å². The number of nitrogens with zero attached hydrogens (tertiary/aromatic N) is 7. The molecule has 0 spiro atoms. The van der Waals surface area contributed by atoms with E-state index in [0.29, 0.717) is 24.9 Å². The summed E-state index contributed by atoms with van der Waals surface area (Å²) >= 11 is 6.85. The van der Waals surface area contributed by atoms with Gasteiger partial charge in [-0.2, -0.15) is 0 Å². The first-order chi connectivity index (χ1) is 25.3. The van der Waals surface area contributed by atoms with Crippen LogP contribution in [0.3, 0.4) is 0 Å². The highest BCUT2D eigenvalue weighted by Gasteiger charge is 2.23. The molecule has 272 valence electrons. The summed E-state index contributed by atoms with van der Waals surface area (Å²) in [6.45, 7) is 7.11. The molecule has 0 amide bonds. The third-order valence-electron chi connectivity index (χ3n) is 9.44. The van der Waals surface area contributed by atoms with Gasteiger partial charge < -0.3 is 29.4 Å². The van der Waals surface area contributed by atoms with Crippen LogP contribution in [0, 0.1) is 0 Å². The minimum Gasteiger partial charge on any atom is -0.492 e. The molecule has 12 nitrogen and oxygen atoms in total. The van der Waals surface area contributed by atoms with Gasteiger partial charge in [0.2, 0.25) is 0 Å². The summed E-state index contributed by atoms with van der Waals surface area (Å²) in [5.74, 6) is 3.33. The van der Waals surface area contributed by atoms with Crippen molar-refractivity contribution in [3.05, 3.63) is 82.0 Å². The number of hydrogen-bond donors (Lipinski definition) is 3. The van der Waals surface area contributed by atoms with Crippen molar-refractivity contribution in [1.82, 2.24) is 44.6 Å². The second kappa shape index (κ2) is 16.8. The Kier molecular flexibility index (Phi) is 11.8. The number of ether oxygens (including phenoxy) is 2. The molecule has 0 radical (unpaired) electrons. The maximum absolute atomic E-state index is 9.52. The van der Waals surface area contributed by atoms with E-state index in [9.17, 15) is 5.11 Å². The maximum Gasteiger partial charge on any atom is 0.178 e. The van der Waals surface area contributed by atoms with Gasteiger partial charge >= 0.3 is 0 Å². The fraction of sp³-hybridized carbons (Fsp3) is 0.368. The van der Waals surface area contributed by atoms with Crippen LogP contribution in [0.5, 0.6) is 11.5 Å². The lowest BCUT2D eigenvalue weighted by Crippen LogP contribution is -2.33. The molecule has 4 aromatic heterocycles. The summed E-state index contributed by atoms with van der Waals surface area (Å²) in [4.78, 5) is 31.3. The zero-order chi connectivity index (χ0) is 36.0. The minimum absolute atomic E-state index is 0.182. The number of H-pyrrole nitrogens is 2. The molecule has 2 unspecified atom stereocenters. The summed E-state index contributed by atoms with van der Waals surface area (Å²) in [6, 6.07) is 20.5. The Balaban J connectivity index is 0.000000162. The van der Waals surface area contributed by atoms with Gasteiger partial charge in [-0.1, -0.05) is 0 Å². The smallest absolute Gasteiger partial charge is 0.178 e. The van der Waals surface area contributed by atoms with Crippen LogP contribution in [0.4, 0.5) is 0 Å². The summed E-state index contributed by atoms with van der Waals surface area (Å²) in [5.41, 5.74) is 5.24. The quantitative estimate of drug-likeness (QED) is 0.138. The second-order valence-corrected chi connectivity index (χ2v) is 15.2. The van der Waals surface area contributed by atoms with Crippen LogP contribution in [0.1, 0.15) is 12.8 Å². The number of fused-ring (bicyclic) bond motifs is 2. The molecule has 2 aromatic carbocycles. The number of likely N-dealkylation sites (tertiary alicyclic amines) is 2. The van der Waals surface area contributed by atoms with E-state index in [1.165, 1.54) is 6.42 Å². The average Bonchev–Trinajstić information content (AvgIpc) is 3.96. The van der Waals surface area contributed by atoms with Crippen molar-refractivity contribution in [2.24, 2.45) is 0 Å². The van der Waals surface area contributed by atoms with Gasteiger partial charge in [-0.25, -0.2) is 19.9 Å². The Hall–Kier alpha value is -3.92. The number of pyridine rings is 2. The van der Waals surface area contributed by atoms with Gasteiger partial charge in [0, 0.05) is 71.2 Å². The molecule has 3 N–H and O–H groups in total. The third-order valence-corrected chi connectivity index (χ3v) is 10.3. The number of aromatic amines is 2. The number of aliphatic hydroxyl groups excluding tert-OH is 1. The van der Waals surface area contributed by atoms with Gasteiger partial charge in [-0.3, -0.25) is 9.80 Å². The maximum atomic E-state index is 9.52. The van der Waals surface area contributed by atoms with E-state index < -0.39 is 0 Å². The summed E-state index contributed by atoms with van der Waals surface area (Å²) < 4.78 is 13.6. The molecule has 0 bridgehead atoms. The summed E-state index contributed by atoms with van der Waals surface area (Å²) in [7, 11) is 4.31. The second-order valence-electron chi connectivity index (χ2n) is 13.4. The predicted molar refractivity (Wildman–Crippen MR) is 211 cm³/mol. The number of halogens is 2. The number of imidazole rings is 2. The van der Waals surface area contributed by atoms with Crippen molar-refractivity contribution >= 4 is 54.2 Å². The molecule has 2 aliphatic heterocycles. The van der Waals surface area contributed by atoms with Crippen LogP contribution < -0.4 is 9.47 Å². The van der Waals surface area contributed by atoms with Crippen LogP contribution >= 0.6 is 31.9 Å². The van der Waals surface area contributed by atoms with Crippen LogP contribution in [0.15, 0.2) is 82.0 Å². The predicted octanol–water partition coefficient (Wildman–Crippen LogP) is 6.23. The lowest BCUT2D eigenvalue weighted by molar-refractivity contribution is 0.167. The van der Waals surface area contributed by atoms with Gasteiger partial charge in [0.15, 0.2) is 11.3 Å². The summed E-state index contributed by atoms with van der Waals surface area (Å²) in [6.07, 6.45) is 5.41. The number of benzene rings is 2. The van der Waals surface area contributed by atoms with E-state index >= 15 is 0 Å². The normalized spacial score (nSPS) is 18.0. The summed E-state index contributed by atoms with van der Waals surface area (Å²) in [5, 5.41) is 9.52. The van der Waals surface area contributed by atoms with Crippen molar-refractivity contribution in [1.29, 1.82) is 0 Å². The molecular formula is C38H43Br2N9O3. The third kappa shape index (κ3) is 9.35. The fourth-order valence-electron chi connectivity index (χ4n) is 6.48. The molecule has 0 aliphatic carbocycles. The van der Waals surface area contributed by atoms with Gasteiger partial charge in [0.1, 0.15) is 36.4 Å². The van der Waals surface area contributed by atoms with Gasteiger partial charge in [0.25, 0.3) is 0 Å². The highest BCUT2D eigenvalue weighted by molar-refractivity contribution is 9.10. The number of rotatable bonds is 11. The molecule has 2 saturated heterocycles. The van der Waals surface area contributed by atoms with Crippen molar-refractivity contribution < 1.29 is 14.6 Å². The van der Waals surface area contributed by atoms with Crippen molar-refractivity contribution in [3.63, 3.8) is 0 Å². The van der Waals surface area contributed by atoms with Gasteiger partial charge in [-0.05, 0) is 126 Å². The first-order valence-corrected chi connectivity index (χ1v) is 19.1. The highest BCUT2D eigenvalue weighted by Crippen LogP contribution is 2.25. The molecule has 6 heterocycles. The number of nitrogens with one attached hydrogen (secondary N) is 2. The first-order valence-electron chi connectivity index (χ1n) is 17.5. The van der Waals surface area contributed by atoms with Crippen LogP contribution in [0.25, 0.3) is 45.1 Å². The Labute approximate surface area is 319 Å². The van der Waals surface area contributed by atoms with E-state index in [0.717, 1.165) is 106 Å². The van der Waals surface area contributed by atoms with Crippen molar-refractivity contribution in [2.75, 3.05) is 66.6 Å². The molecule has 6 aromatic rings. The molecule has 8 rings (SSSR count). The molecule has 52 heavy (non-hydrogen) atoms. The lowest BCUT2D eigenvalue weighted by Gasteiger charge is -2.20. The number of hydrogen-bond acceptors (Lipinski definition) is 10. The number of β-amino-alcohol motifs (C(OH)–C–C–N with tert-alkyl or cyclic N) is 1. The van der Waals surface area contributed by atoms with E-state index in [2.05, 4.69) is 90.6 Å². The molecular weight excluding hydrogens is 790 g/mol. The SMILES string of the molecule is CN(C)C1CCN(CCOc2ccc(-c3nc4ncc(Br)cc4[nH]3)cc2)C1.OC1CCN(CCOc2ccc(-c3nc4ncc(Br)cc4[nH]3)cc2)C1. The zero-order valence-corrected chi connectivity index (χ0v) is 32.5. The van der Waals surface area contributed by atoms with Gasteiger partial charge in [-0.15, -0.1) is 0 Å². The molecule has 2 atom stereocenters. The van der Waals surface area contributed by atoms with Crippen LogP contribution in [-0.4, -0.2) is 128 Å². The first kappa shape index (κ1) is 36.4. The zero-order valence-electron chi connectivity index (χ0n) is 29.3. The highest BCUT2D eigenvalue weighted by atomic mass is 79.9. The van der Waals surface area contributed by atoms with E-state index in [1.54, 1.807) is 12.4 Å². The Morgan fingerprint density at radius 2 is 1.21 bits per heavy atom. The molecule has 2 aliphatic rings. The fourth-order valence-corrected chi connectivity index (χ4v) is 7.14. The lowest BCUT2D eigenvalue weighted by atomic mass is 10.2. The van der Waals surface area contributed by atoms with Crippen molar-refractivity contribution in [3.8, 4) is 34.3 Å². The number of aliphatic hydroxyl groups is 1. The average molecular weight is 834 g/mol.